The molecule has 0 N–H and O–H groups in total. The highest BCUT2D eigenvalue weighted by atomic mass is 14.0. The van der Waals surface area contributed by atoms with E-state index in [-0.39, 0.29) is 0 Å². The van der Waals surface area contributed by atoms with Crippen LogP contribution in [0.1, 0.15) is 109 Å². The zero-order valence-electron chi connectivity index (χ0n) is 30.0. The van der Waals surface area contributed by atoms with E-state index in [1.54, 1.807) is 0 Å². The molecular formula is C12H24. The molecule has 1 rings (SSSR count). The van der Waals surface area contributed by atoms with Crippen molar-refractivity contribution in [2.24, 2.45) is 0 Å². The molecule has 0 spiro atoms. The maximum Gasteiger partial charge on any atom is 0.0267 e. The normalized spacial score (nSPS) is 104. The van der Waals surface area contributed by atoms with E-state index in [0.29, 0.717) is 0 Å². The molecule has 0 aromatic heterocycles. The molecule has 0 radical (unpaired) electrons. The van der Waals surface area contributed by atoms with Gasteiger partial charge in [0.2, 0.25) is 0 Å². The average Bonchev–Trinajstić information content (AvgIpc) is 2.65. The standard InChI is InChI=1S/C12H24/c1-2-4-6-8-10-12-11-9-7-5-3-1/h1-12H2/i1D2,2D2,3D2,4D2,5D2,6D2,7D2,8D2,9D2,10D2,11D2,12D2. The Balaban J connectivity index is 4.55. The van der Waals surface area contributed by atoms with Crippen molar-refractivity contribution in [3.05, 3.63) is 0 Å². The van der Waals surface area contributed by atoms with Gasteiger partial charge in [0.15, 0.2) is 0 Å². The van der Waals surface area contributed by atoms with E-state index in [0.717, 1.165) is 0 Å². The van der Waals surface area contributed by atoms with Crippen LogP contribution in [-0.4, -0.2) is 0 Å². The second kappa shape index (κ2) is 7.64. The van der Waals surface area contributed by atoms with Crippen molar-refractivity contribution >= 4 is 0 Å². The van der Waals surface area contributed by atoms with Crippen LogP contribution in [0.15, 0.2) is 0 Å². The molecule has 1 aliphatic rings. The largest absolute Gasteiger partial charge is 0.0533 e. The number of hydrogen-bond donors (Lipinski definition) is 0. The highest BCUT2D eigenvalue weighted by Gasteiger charge is 1.96. The van der Waals surface area contributed by atoms with Crippen molar-refractivity contribution in [3.8, 4) is 0 Å². The minimum atomic E-state index is -4.67. The van der Waals surface area contributed by atoms with Crippen LogP contribution in [0.4, 0.5) is 0 Å². The van der Waals surface area contributed by atoms with Gasteiger partial charge in [0.25, 0.3) is 0 Å². The van der Waals surface area contributed by atoms with Gasteiger partial charge in [-0.2, -0.15) is 0 Å². The summed E-state index contributed by atoms with van der Waals surface area (Å²) < 4.78 is 191. The molecule has 0 atom stereocenters. The summed E-state index contributed by atoms with van der Waals surface area (Å²) in [7, 11) is 0. The topological polar surface area (TPSA) is 0 Å². The number of rotatable bonds is 0. The van der Waals surface area contributed by atoms with Crippen LogP contribution in [0.25, 0.3) is 0 Å². The zero-order valence-corrected chi connectivity index (χ0v) is 6.00. The predicted molar refractivity (Wildman–Crippen MR) is 55.4 cm³/mol. The molecule has 1 aliphatic carbocycles. The van der Waals surface area contributed by atoms with Crippen LogP contribution in [0, 0.1) is 0 Å². The van der Waals surface area contributed by atoms with Gasteiger partial charge in [-0.3, -0.25) is 0 Å². The molecule has 12 heavy (non-hydrogen) atoms. The van der Waals surface area contributed by atoms with E-state index in [9.17, 15) is 0 Å². The summed E-state index contributed by atoms with van der Waals surface area (Å²) in [5.41, 5.74) is 0. The van der Waals surface area contributed by atoms with E-state index in [4.69, 9.17) is 32.9 Å². The van der Waals surface area contributed by atoms with Crippen LogP contribution < -0.4 is 0 Å². The maximum absolute atomic E-state index is 7.96. The Bertz CT molecular complexity index is 567. The number of hydrogen-bond acceptors (Lipinski definition) is 0. The van der Waals surface area contributed by atoms with E-state index >= 15 is 0 Å². The molecule has 0 aliphatic heterocycles. The van der Waals surface area contributed by atoms with Gasteiger partial charge in [-0.15, -0.1) is 0 Å². The van der Waals surface area contributed by atoms with Crippen LogP contribution in [0.5, 0.6) is 0 Å². The summed E-state index contributed by atoms with van der Waals surface area (Å²) in [5.74, 6) is 0. The van der Waals surface area contributed by atoms with Crippen molar-refractivity contribution in [1.82, 2.24) is 0 Å². The lowest BCUT2D eigenvalue weighted by molar-refractivity contribution is 0.504. The Morgan fingerprint density at radius 2 is 0.417 bits per heavy atom. The van der Waals surface area contributed by atoms with Gasteiger partial charge >= 0.3 is 0 Å². The van der Waals surface area contributed by atoms with Gasteiger partial charge in [-0.25, -0.2) is 0 Å². The van der Waals surface area contributed by atoms with E-state index < -0.39 is 76.5 Å². The first kappa shape index (κ1) is 1.12. The molecule has 0 aromatic rings. The highest BCUT2D eigenvalue weighted by Crippen LogP contribution is 2.15. The van der Waals surface area contributed by atoms with Crippen molar-refractivity contribution in [1.29, 1.82) is 0 Å². The third-order valence-electron chi connectivity index (χ3n) is 0.750. The van der Waals surface area contributed by atoms with Crippen LogP contribution in [0.2, 0.25) is 0 Å². The van der Waals surface area contributed by atoms with Gasteiger partial charge in [0, 0.05) is 32.9 Å². The molecule has 0 unspecified atom stereocenters. The Morgan fingerprint density at radius 3 is 0.500 bits per heavy atom. The van der Waals surface area contributed by atoms with Gasteiger partial charge in [0.05, 0.1) is 0 Å². The van der Waals surface area contributed by atoms with Crippen LogP contribution in [-0.2, 0) is 0 Å². The fourth-order valence-electron chi connectivity index (χ4n) is 0.375. The second-order valence-electron chi connectivity index (χ2n) is 1.50. The van der Waals surface area contributed by atoms with Gasteiger partial charge in [-0.05, 0) is 0 Å². The first-order chi connectivity index (χ1) is 15.0. The molecule has 0 saturated heterocycles. The lowest BCUT2D eigenvalue weighted by Crippen LogP contribution is -1.85. The summed E-state index contributed by atoms with van der Waals surface area (Å²) in [6, 6.07) is 0. The Hall–Kier alpha value is 0. The highest BCUT2D eigenvalue weighted by molar-refractivity contribution is 4.51. The minimum Gasteiger partial charge on any atom is -0.0533 e. The average molecular weight is 192 g/mol. The summed E-state index contributed by atoms with van der Waals surface area (Å²) in [6.45, 7) is 0. The third kappa shape index (κ3) is 5.62. The van der Waals surface area contributed by atoms with Crippen molar-refractivity contribution in [3.63, 3.8) is 0 Å². The van der Waals surface area contributed by atoms with Crippen molar-refractivity contribution < 1.29 is 32.9 Å². The summed E-state index contributed by atoms with van der Waals surface area (Å²) >= 11 is 0. The molecule has 0 heteroatoms. The molecule has 1 fully saturated rings. The van der Waals surface area contributed by atoms with E-state index in [1.807, 2.05) is 0 Å². The molecule has 0 nitrogen and oxygen atoms in total. The molecule has 0 bridgehead atoms. The lowest BCUT2D eigenvalue weighted by Gasteiger charge is -2.05. The zero-order chi connectivity index (χ0) is 30.0. The SMILES string of the molecule is [2H]C1([2H])C([2H])([2H])C([2H])([2H])C([2H])([2H])C([2H])([2H])C([2H])([2H])C([2H])([2H])C([2H])([2H])C([2H])([2H])C([2H])([2H])C([2H])([2H])C1([2H])[2H]. The third-order valence-corrected chi connectivity index (χ3v) is 0.750. The maximum atomic E-state index is 7.96. The van der Waals surface area contributed by atoms with Gasteiger partial charge in [-0.1, -0.05) is 76.5 Å². The minimum absolute atomic E-state index is 4.67. The molecular weight excluding hydrogens is 144 g/mol. The van der Waals surface area contributed by atoms with E-state index in [2.05, 4.69) is 0 Å². The molecule has 0 aromatic carbocycles. The van der Waals surface area contributed by atoms with Crippen molar-refractivity contribution in [2.75, 3.05) is 0 Å². The smallest absolute Gasteiger partial charge is 0.0267 e. The van der Waals surface area contributed by atoms with Crippen LogP contribution in [0.3, 0.4) is 0 Å². The first-order valence-corrected chi connectivity index (χ1v) is 3.00. The second-order valence-corrected chi connectivity index (χ2v) is 1.50. The van der Waals surface area contributed by atoms with Crippen LogP contribution >= 0.6 is 0 Å². The van der Waals surface area contributed by atoms with Gasteiger partial charge in [0.1, 0.15) is 0 Å². The Morgan fingerprint density at radius 1 is 0.333 bits per heavy atom. The first-order valence-electron chi connectivity index (χ1n) is 15.0. The van der Waals surface area contributed by atoms with E-state index in [1.165, 1.54) is 0 Å². The summed E-state index contributed by atoms with van der Waals surface area (Å²) in [4.78, 5) is 0. The molecule has 0 amide bonds. The molecule has 0 heterocycles. The Labute approximate surface area is 111 Å². The summed E-state index contributed by atoms with van der Waals surface area (Å²) in [5, 5.41) is 0. The predicted octanol–water partition coefficient (Wildman–Crippen LogP) is 4.68. The van der Waals surface area contributed by atoms with Crippen molar-refractivity contribution in [2.45, 2.75) is 76.5 Å². The summed E-state index contributed by atoms with van der Waals surface area (Å²) in [6.07, 6.45) is -56.0. The molecule has 72 valence electrons. The monoisotopic (exact) mass is 192 g/mol. The lowest BCUT2D eigenvalue weighted by atomic mass is 10.0. The fraction of sp³-hybridized carbons (Fsp3) is 1.00. The quantitative estimate of drug-likeness (QED) is 0.523. The molecule has 1 saturated carbocycles. The Kier molecular flexibility index (Phi) is 0.713. The van der Waals surface area contributed by atoms with Gasteiger partial charge < -0.3 is 0 Å². The fourth-order valence-corrected chi connectivity index (χ4v) is 0.375.